The van der Waals surface area contributed by atoms with E-state index in [0.29, 0.717) is 18.4 Å². The average Bonchev–Trinajstić information content (AvgIpc) is 2.85. The van der Waals surface area contributed by atoms with Crippen LogP contribution in [0.25, 0.3) is 0 Å². The summed E-state index contributed by atoms with van der Waals surface area (Å²) >= 11 is 8.10. The van der Waals surface area contributed by atoms with Crippen LogP contribution in [0.5, 0.6) is 0 Å². The molecule has 2 rings (SSSR count). The van der Waals surface area contributed by atoms with Crippen LogP contribution < -0.4 is 5.32 Å². The van der Waals surface area contributed by atoms with Crippen LogP contribution in [-0.2, 0) is 4.79 Å². The van der Waals surface area contributed by atoms with E-state index in [4.69, 9.17) is 5.11 Å². The number of carboxylic acids is 1. The highest BCUT2D eigenvalue weighted by molar-refractivity contribution is 9.12. The van der Waals surface area contributed by atoms with Gasteiger partial charge >= 0.3 is 5.97 Å². The van der Waals surface area contributed by atoms with Crippen LogP contribution in [0.4, 0.5) is 0 Å². The molecule has 0 aliphatic heterocycles. The molecule has 0 bridgehead atoms. The SMILES string of the molecule is O=C(N[C@H]1CC[C@@H](C(=O)O)C1)c1cc(Br)sc1Br. The Morgan fingerprint density at radius 2 is 2.11 bits per heavy atom. The molecule has 18 heavy (non-hydrogen) atoms. The first kappa shape index (κ1) is 14.0. The molecule has 98 valence electrons. The smallest absolute Gasteiger partial charge is 0.306 e. The van der Waals surface area contributed by atoms with Crippen LogP contribution in [0.1, 0.15) is 29.6 Å². The molecule has 1 aromatic heterocycles. The van der Waals surface area contributed by atoms with E-state index in [2.05, 4.69) is 37.2 Å². The molecule has 1 heterocycles. The molecule has 1 aromatic rings. The molecule has 0 aromatic carbocycles. The molecule has 0 radical (unpaired) electrons. The van der Waals surface area contributed by atoms with Crippen LogP contribution in [0.15, 0.2) is 13.6 Å². The van der Waals surface area contributed by atoms with Crippen molar-refractivity contribution in [2.24, 2.45) is 5.92 Å². The summed E-state index contributed by atoms with van der Waals surface area (Å²) in [7, 11) is 0. The first-order valence-electron chi connectivity index (χ1n) is 5.46. The van der Waals surface area contributed by atoms with Crippen molar-refractivity contribution in [2.75, 3.05) is 0 Å². The molecular formula is C11H11Br2NO3S. The van der Waals surface area contributed by atoms with Crippen LogP contribution in [0.2, 0.25) is 0 Å². The fourth-order valence-electron chi connectivity index (χ4n) is 2.10. The number of hydrogen-bond donors (Lipinski definition) is 2. The lowest BCUT2D eigenvalue weighted by Gasteiger charge is -2.11. The fourth-order valence-corrected chi connectivity index (χ4v) is 4.89. The standard InChI is InChI=1S/C11H11Br2NO3S/c12-8-4-7(9(13)18-8)10(15)14-6-2-1-5(3-6)11(16)17/h4-6H,1-3H2,(H,14,15)(H,16,17)/t5-,6+/m1/s1. The van der Waals surface area contributed by atoms with Crippen LogP contribution in [-0.4, -0.2) is 23.0 Å². The van der Waals surface area contributed by atoms with Crippen molar-refractivity contribution in [3.8, 4) is 0 Å². The number of hydrogen-bond acceptors (Lipinski definition) is 3. The van der Waals surface area contributed by atoms with Crippen molar-refractivity contribution in [3.05, 3.63) is 19.2 Å². The Bertz CT molecular complexity index is 489. The third-order valence-corrected chi connectivity index (χ3v) is 5.36. The zero-order valence-electron chi connectivity index (χ0n) is 9.28. The molecule has 0 saturated heterocycles. The van der Waals surface area contributed by atoms with Gasteiger partial charge in [0.2, 0.25) is 0 Å². The first-order chi connectivity index (χ1) is 8.47. The highest BCUT2D eigenvalue weighted by Gasteiger charge is 2.31. The van der Waals surface area contributed by atoms with Crippen LogP contribution in [0.3, 0.4) is 0 Å². The van der Waals surface area contributed by atoms with Gasteiger partial charge in [-0.25, -0.2) is 0 Å². The van der Waals surface area contributed by atoms with Gasteiger partial charge in [0.05, 0.1) is 19.1 Å². The number of halogens is 2. The molecule has 4 nitrogen and oxygen atoms in total. The van der Waals surface area contributed by atoms with E-state index in [1.807, 2.05) is 0 Å². The summed E-state index contributed by atoms with van der Waals surface area (Å²) in [5.41, 5.74) is 0.589. The van der Waals surface area contributed by atoms with Gasteiger partial charge < -0.3 is 10.4 Å². The molecule has 7 heteroatoms. The van der Waals surface area contributed by atoms with Gasteiger partial charge in [-0.3, -0.25) is 9.59 Å². The largest absolute Gasteiger partial charge is 0.481 e. The van der Waals surface area contributed by atoms with E-state index in [-0.39, 0.29) is 17.9 Å². The van der Waals surface area contributed by atoms with Gasteiger partial charge in [0.1, 0.15) is 0 Å². The number of rotatable bonds is 3. The summed E-state index contributed by atoms with van der Waals surface area (Å²) in [5.74, 6) is -1.25. The van der Waals surface area contributed by atoms with Crippen molar-refractivity contribution in [3.63, 3.8) is 0 Å². The van der Waals surface area contributed by atoms with E-state index in [1.165, 1.54) is 11.3 Å². The maximum absolute atomic E-state index is 12.0. The zero-order chi connectivity index (χ0) is 13.3. The van der Waals surface area contributed by atoms with Gasteiger partial charge in [0.15, 0.2) is 0 Å². The van der Waals surface area contributed by atoms with Crippen LogP contribution in [0, 0.1) is 5.92 Å². The second kappa shape index (κ2) is 5.71. The molecule has 1 aliphatic carbocycles. The number of thiophene rings is 1. The lowest BCUT2D eigenvalue weighted by molar-refractivity contribution is -0.141. The lowest BCUT2D eigenvalue weighted by Crippen LogP contribution is -2.33. The number of carbonyl (C=O) groups excluding carboxylic acids is 1. The summed E-state index contributed by atoms with van der Waals surface area (Å²) in [5, 5.41) is 11.8. The Morgan fingerprint density at radius 1 is 1.39 bits per heavy atom. The number of aliphatic carboxylic acids is 1. The highest BCUT2D eigenvalue weighted by atomic mass is 79.9. The van der Waals surface area contributed by atoms with Crippen molar-refractivity contribution >= 4 is 55.1 Å². The van der Waals surface area contributed by atoms with Crippen molar-refractivity contribution in [1.82, 2.24) is 5.32 Å². The first-order valence-corrected chi connectivity index (χ1v) is 7.86. The second-order valence-corrected chi connectivity index (χ2v) is 8.01. The third kappa shape index (κ3) is 3.13. The van der Waals surface area contributed by atoms with E-state index in [1.54, 1.807) is 6.07 Å². The molecule has 1 amide bonds. The fraction of sp³-hybridized carbons (Fsp3) is 0.455. The van der Waals surface area contributed by atoms with Gasteiger partial charge in [-0.05, 0) is 57.2 Å². The van der Waals surface area contributed by atoms with E-state index >= 15 is 0 Å². The Morgan fingerprint density at radius 3 is 2.61 bits per heavy atom. The minimum absolute atomic E-state index is 0.0378. The normalized spacial score (nSPS) is 23.0. The Labute approximate surface area is 125 Å². The van der Waals surface area contributed by atoms with Gasteiger partial charge in [-0.2, -0.15) is 0 Å². The molecular weight excluding hydrogens is 386 g/mol. The van der Waals surface area contributed by atoms with Gasteiger partial charge in [-0.15, -0.1) is 11.3 Å². The minimum Gasteiger partial charge on any atom is -0.481 e. The predicted octanol–water partition coefficient (Wildman–Crippen LogP) is 3.26. The quantitative estimate of drug-likeness (QED) is 0.823. The molecule has 0 spiro atoms. The lowest BCUT2D eigenvalue weighted by atomic mass is 10.1. The number of amides is 1. The maximum Gasteiger partial charge on any atom is 0.306 e. The summed E-state index contributed by atoms with van der Waals surface area (Å²) in [6, 6.07) is 1.72. The zero-order valence-corrected chi connectivity index (χ0v) is 13.3. The predicted molar refractivity (Wildman–Crippen MR) is 76.0 cm³/mol. The Kier molecular flexibility index (Phi) is 4.45. The van der Waals surface area contributed by atoms with Crippen molar-refractivity contribution in [1.29, 1.82) is 0 Å². The van der Waals surface area contributed by atoms with Gasteiger partial charge in [0, 0.05) is 6.04 Å². The number of nitrogens with one attached hydrogen (secondary N) is 1. The minimum atomic E-state index is -0.772. The number of carbonyl (C=O) groups is 2. The molecule has 2 N–H and O–H groups in total. The van der Waals surface area contributed by atoms with Gasteiger partial charge in [0.25, 0.3) is 5.91 Å². The second-order valence-electron chi connectivity index (χ2n) is 4.26. The Balaban J connectivity index is 1.97. The average molecular weight is 397 g/mol. The summed E-state index contributed by atoms with van der Waals surface area (Å²) in [6.07, 6.45) is 1.88. The Hall–Kier alpha value is -0.400. The van der Waals surface area contributed by atoms with Crippen molar-refractivity contribution < 1.29 is 14.7 Å². The number of carboxylic acid groups (broad SMARTS) is 1. The molecule has 1 saturated carbocycles. The van der Waals surface area contributed by atoms with E-state index in [0.717, 1.165) is 14.0 Å². The van der Waals surface area contributed by atoms with E-state index < -0.39 is 5.97 Å². The highest BCUT2D eigenvalue weighted by Crippen LogP contribution is 2.32. The third-order valence-electron chi connectivity index (χ3n) is 3.02. The summed E-state index contributed by atoms with van der Waals surface area (Å²) in [6.45, 7) is 0. The molecule has 2 atom stereocenters. The van der Waals surface area contributed by atoms with Crippen LogP contribution >= 0.6 is 43.2 Å². The van der Waals surface area contributed by atoms with E-state index in [9.17, 15) is 9.59 Å². The van der Waals surface area contributed by atoms with Crippen molar-refractivity contribution in [2.45, 2.75) is 25.3 Å². The topological polar surface area (TPSA) is 66.4 Å². The maximum atomic E-state index is 12.0. The molecule has 0 unspecified atom stereocenters. The van der Waals surface area contributed by atoms with Gasteiger partial charge in [-0.1, -0.05) is 0 Å². The molecule has 1 fully saturated rings. The summed E-state index contributed by atoms with van der Waals surface area (Å²) < 4.78 is 1.66. The monoisotopic (exact) mass is 395 g/mol. The molecule has 1 aliphatic rings. The summed E-state index contributed by atoms with van der Waals surface area (Å²) in [4.78, 5) is 22.8.